The van der Waals surface area contributed by atoms with Crippen molar-refractivity contribution >= 4 is 28.9 Å². The first-order valence-corrected chi connectivity index (χ1v) is 6.84. The second-order valence-corrected chi connectivity index (χ2v) is 5.49. The maximum absolute atomic E-state index is 13.1. The minimum atomic E-state index is -0.489. The Bertz CT molecular complexity index is 623. The third-order valence-corrected chi connectivity index (χ3v) is 3.62. The van der Waals surface area contributed by atoms with E-state index in [0.717, 1.165) is 5.56 Å². The van der Waals surface area contributed by atoms with Crippen molar-refractivity contribution in [3.8, 4) is 5.75 Å². The van der Waals surface area contributed by atoms with Gasteiger partial charge >= 0.3 is 0 Å². The number of hydrogen-bond acceptors (Lipinski definition) is 2. The fourth-order valence-electron chi connectivity index (χ4n) is 1.99. The van der Waals surface area contributed by atoms with Gasteiger partial charge in [-0.1, -0.05) is 35.3 Å². The van der Waals surface area contributed by atoms with Crippen LogP contribution in [0.25, 0.3) is 0 Å². The molecule has 1 atom stereocenters. The van der Waals surface area contributed by atoms with Crippen molar-refractivity contribution in [2.24, 2.45) is 0 Å². The summed E-state index contributed by atoms with van der Waals surface area (Å²) >= 11 is 12.0. The molecule has 2 nitrogen and oxygen atoms in total. The Hall–Kier alpha value is -1.45. The van der Waals surface area contributed by atoms with Gasteiger partial charge in [0.25, 0.3) is 0 Å². The summed E-state index contributed by atoms with van der Waals surface area (Å²) in [6, 6.07) is 7.57. The number of benzene rings is 2. The molecule has 0 saturated heterocycles. The number of halogens is 3. The maximum Gasteiger partial charge on any atom is 0.126 e. The fraction of sp³-hybridized carbons (Fsp3) is 0.200. The van der Waals surface area contributed by atoms with Gasteiger partial charge in [0, 0.05) is 5.56 Å². The number of hydrogen-bond donors (Lipinski definition) is 2. The highest BCUT2D eigenvalue weighted by Crippen LogP contribution is 2.35. The Morgan fingerprint density at radius 3 is 2.30 bits per heavy atom. The van der Waals surface area contributed by atoms with Crippen molar-refractivity contribution in [1.82, 2.24) is 0 Å². The first-order valence-electron chi connectivity index (χ1n) is 6.09. The zero-order valence-electron chi connectivity index (χ0n) is 11.0. The first-order chi connectivity index (χ1) is 9.38. The van der Waals surface area contributed by atoms with E-state index in [1.807, 2.05) is 26.0 Å². The molecule has 0 aliphatic rings. The molecule has 0 aliphatic carbocycles. The van der Waals surface area contributed by atoms with E-state index in [4.69, 9.17) is 23.2 Å². The highest BCUT2D eigenvalue weighted by atomic mass is 35.5. The molecule has 0 fully saturated rings. The minimum Gasteiger partial charge on any atom is -0.508 e. The summed E-state index contributed by atoms with van der Waals surface area (Å²) < 4.78 is 13.1. The molecular weight excluding hydrogens is 300 g/mol. The Morgan fingerprint density at radius 2 is 1.75 bits per heavy atom. The summed E-state index contributed by atoms with van der Waals surface area (Å²) in [5, 5.41) is 13.5. The van der Waals surface area contributed by atoms with E-state index in [0.29, 0.717) is 11.3 Å². The third-order valence-electron chi connectivity index (χ3n) is 3.02. The molecule has 0 radical (unpaired) electrons. The average molecular weight is 314 g/mol. The van der Waals surface area contributed by atoms with Gasteiger partial charge < -0.3 is 10.4 Å². The van der Waals surface area contributed by atoms with Crippen LogP contribution in [0.1, 0.15) is 24.1 Å². The Balaban J connectivity index is 2.30. The van der Waals surface area contributed by atoms with E-state index in [9.17, 15) is 9.50 Å². The minimum absolute atomic E-state index is 0.194. The molecule has 0 aliphatic heterocycles. The summed E-state index contributed by atoms with van der Waals surface area (Å²) in [5.41, 5.74) is 2.13. The number of aromatic hydroxyl groups is 1. The maximum atomic E-state index is 13.1. The van der Waals surface area contributed by atoms with Gasteiger partial charge in [-0.3, -0.25) is 0 Å². The summed E-state index contributed by atoms with van der Waals surface area (Å²) in [4.78, 5) is 0. The molecular formula is C15H14Cl2FNO. The zero-order valence-corrected chi connectivity index (χ0v) is 12.6. The lowest BCUT2D eigenvalue weighted by Gasteiger charge is -2.19. The van der Waals surface area contributed by atoms with Crippen molar-refractivity contribution in [3.63, 3.8) is 0 Å². The van der Waals surface area contributed by atoms with Crippen LogP contribution in [0.4, 0.5) is 10.1 Å². The summed E-state index contributed by atoms with van der Waals surface area (Å²) in [7, 11) is 0. The van der Waals surface area contributed by atoms with Crippen LogP contribution >= 0.6 is 23.2 Å². The van der Waals surface area contributed by atoms with Crippen LogP contribution < -0.4 is 5.32 Å². The third kappa shape index (κ3) is 3.17. The monoisotopic (exact) mass is 313 g/mol. The zero-order chi connectivity index (χ0) is 14.9. The lowest BCUT2D eigenvalue weighted by molar-refractivity contribution is 0.465. The van der Waals surface area contributed by atoms with Crippen molar-refractivity contribution < 1.29 is 9.50 Å². The predicted molar refractivity (Wildman–Crippen MR) is 81.3 cm³/mol. The molecule has 0 heterocycles. The summed E-state index contributed by atoms with van der Waals surface area (Å²) in [6.07, 6.45) is 0. The van der Waals surface area contributed by atoms with E-state index < -0.39 is 5.82 Å². The van der Waals surface area contributed by atoms with Gasteiger partial charge in [0.15, 0.2) is 0 Å². The van der Waals surface area contributed by atoms with E-state index in [-0.39, 0.29) is 21.8 Å². The lowest BCUT2D eigenvalue weighted by atomic mass is 10.0. The van der Waals surface area contributed by atoms with Crippen molar-refractivity contribution in [1.29, 1.82) is 0 Å². The van der Waals surface area contributed by atoms with E-state index >= 15 is 0 Å². The summed E-state index contributed by atoms with van der Waals surface area (Å²) in [6.45, 7) is 3.76. The molecule has 2 aromatic carbocycles. The Kier molecular flexibility index (Phi) is 4.41. The smallest absolute Gasteiger partial charge is 0.126 e. The standard InChI is InChI=1S/C15H14Cl2FNO/c1-8-3-4-11(14(20)5-8)9(2)19-15-12(16)6-10(18)7-13(15)17/h3-7,9,19-20H,1-2H3. The van der Waals surface area contributed by atoms with Gasteiger partial charge in [-0.15, -0.1) is 0 Å². The van der Waals surface area contributed by atoms with E-state index in [2.05, 4.69) is 5.32 Å². The van der Waals surface area contributed by atoms with Crippen molar-refractivity contribution in [2.45, 2.75) is 19.9 Å². The molecule has 1 unspecified atom stereocenters. The van der Waals surface area contributed by atoms with Gasteiger partial charge in [0.1, 0.15) is 11.6 Å². The quantitative estimate of drug-likeness (QED) is 0.803. The fourth-order valence-corrected chi connectivity index (χ4v) is 2.56. The van der Waals surface area contributed by atoms with Crippen LogP contribution in [-0.2, 0) is 0 Å². The Morgan fingerprint density at radius 1 is 1.15 bits per heavy atom. The molecule has 0 saturated carbocycles. The molecule has 2 N–H and O–H groups in total. The SMILES string of the molecule is Cc1ccc(C(C)Nc2c(Cl)cc(F)cc2Cl)c(O)c1. The predicted octanol–water partition coefficient (Wildman–Crippen LogP) is 5.32. The van der Waals surface area contributed by atoms with Gasteiger partial charge in [-0.05, 0) is 37.6 Å². The average Bonchev–Trinajstić information content (AvgIpc) is 2.33. The van der Waals surface area contributed by atoms with E-state index in [1.165, 1.54) is 12.1 Å². The van der Waals surface area contributed by atoms with Crippen LogP contribution in [-0.4, -0.2) is 5.11 Å². The molecule has 0 aromatic heterocycles. The second kappa shape index (κ2) is 5.90. The number of rotatable bonds is 3. The molecule has 5 heteroatoms. The molecule has 0 spiro atoms. The van der Waals surface area contributed by atoms with E-state index in [1.54, 1.807) is 6.07 Å². The van der Waals surface area contributed by atoms with Gasteiger partial charge in [-0.25, -0.2) is 4.39 Å². The van der Waals surface area contributed by atoms with Crippen molar-refractivity contribution in [2.75, 3.05) is 5.32 Å². The molecule has 0 bridgehead atoms. The lowest BCUT2D eigenvalue weighted by Crippen LogP contribution is -2.08. The van der Waals surface area contributed by atoms with Crippen LogP contribution in [0, 0.1) is 12.7 Å². The summed E-state index contributed by atoms with van der Waals surface area (Å²) in [5.74, 6) is -0.296. The number of aryl methyl sites for hydroxylation is 1. The molecule has 20 heavy (non-hydrogen) atoms. The molecule has 106 valence electrons. The molecule has 0 amide bonds. The normalized spacial score (nSPS) is 12.2. The number of nitrogens with one attached hydrogen (secondary N) is 1. The number of anilines is 1. The van der Waals surface area contributed by atoms with Gasteiger partial charge in [0.05, 0.1) is 21.8 Å². The van der Waals surface area contributed by atoms with Crippen LogP contribution in [0.5, 0.6) is 5.75 Å². The van der Waals surface area contributed by atoms with Crippen molar-refractivity contribution in [3.05, 3.63) is 57.3 Å². The molecule has 2 aromatic rings. The molecule has 2 rings (SSSR count). The first kappa shape index (κ1) is 14.9. The highest BCUT2D eigenvalue weighted by Gasteiger charge is 2.15. The Labute approximate surface area is 127 Å². The number of phenols is 1. The van der Waals surface area contributed by atoms with Gasteiger partial charge in [0.2, 0.25) is 0 Å². The van der Waals surface area contributed by atoms with Gasteiger partial charge in [-0.2, -0.15) is 0 Å². The second-order valence-electron chi connectivity index (χ2n) is 4.67. The highest BCUT2D eigenvalue weighted by molar-refractivity contribution is 6.39. The van der Waals surface area contributed by atoms with Crippen LogP contribution in [0.2, 0.25) is 10.0 Å². The number of phenolic OH excluding ortho intramolecular Hbond substituents is 1. The largest absolute Gasteiger partial charge is 0.508 e. The topological polar surface area (TPSA) is 32.3 Å². The van der Waals surface area contributed by atoms with Crippen LogP contribution in [0.3, 0.4) is 0 Å². The van der Waals surface area contributed by atoms with Crippen LogP contribution in [0.15, 0.2) is 30.3 Å².